The zero-order valence-electron chi connectivity index (χ0n) is 17.9. The molecular formula is C25H27N3O3. The van der Waals surface area contributed by atoms with Crippen molar-refractivity contribution in [3.63, 3.8) is 0 Å². The van der Waals surface area contributed by atoms with Gasteiger partial charge in [-0.1, -0.05) is 48.5 Å². The topological polar surface area (TPSA) is 71.5 Å². The molecule has 1 aliphatic rings. The molecule has 6 heteroatoms. The number of aromatic nitrogens is 1. The van der Waals surface area contributed by atoms with Gasteiger partial charge in [-0.2, -0.15) is 0 Å². The monoisotopic (exact) mass is 417 g/mol. The number of para-hydroxylation sites is 1. The standard InChI is InChI=1S/C25H27N3O3/c1-17(2)28-13-12-22-20(15-28)24(19-10-6-7-11-21(19)27-22)25(30)31-16-23(29)26-14-18-8-4-3-5-9-18/h3-11,17H,12-16H2,1-2H3,(H,26,29). The van der Waals surface area contributed by atoms with Crippen molar-refractivity contribution in [1.82, 2.24) is 15.2 Å². The Balaban J connectivity index is 1.53. The molecule has 0 radical (unpaired) electrons. The van der Waals surface area contributed by atoms with Crippen LogP contribution in [0.3, 0.4) is 0 Å². The summed E-state index contributed by atoms with van der Waals surface area (Å²) in [6.07, 6.45) is 0.788. The Labute approximate surface area is 182 Å². The summed E-state index contributed by atoms with van der Waals surface area (Å²) >= 11 is 0. The second kappa shape index (κ2) is 9.27. The van der Waals surface area contributed by atoms with Crippen LogP contribution >= 0.6 is 0 Å². The molecule has 0 bridgehead atoms. The van der Waals surface area contributed by atoms with Gasteiger partial charge in [0.1, 0.15) is 0 Å². The average molecular weight is 418 g/mol. The summed E-state index contributed by atoms with van der Waals surface area (Å²) in [7, 11) is 0. The molecule has 1 aromatic heterocycles. The number of hydrogen-bond acceptors (Lipinski definition) is 5. The summed E-state index contributed by atoms with van der Waals surface area (Å²) in [6, 6.07) is 17.6. The first kappa shape index (κ1) is 21.0. The summed E-state index contributed by atoms with van der Waals surface area (Å²) in [5.74, 6) is -0.802. The van der Waals surface area contributed by atoms with E-state index in [0.717, 1.165) is 40.7 Å². The number of amides is 1. The van der Waals surface area contributed by atoms with Gasteiger partial charge < -0.3 is 10.1 Å². The fourth-order valence-corrected chi connectivity index (χ4v) is 3.94. The predicted octanol–water partition coefficient (Wildman–Crippen LogP) is 3.47. The Bertz CT molecular complexity index is 1100. The van der Waals surface area contributed by atoms with Crippen molar-refractivity contribution in [2.45, 2.75) is 39.4 Å². The van der Waals surface area contributed by atoms with Gasteiger partial charge in [0.2, 0.25) is 0 Å². The van der Waals surface area contributed by atoms with E-state index in [4.69, 9.17) is 9.72 Å². The predicted molar refractivity (Wildman–Crippen MR) is 120 cm³/mol. The van der Waals surface area contributed by atoms with Gasteiger partial charge in [-0.15, -0.1) is 0 Å². The molecule has 1 N–H and O–H groups in total. The first-order chi connectivity index (χ1) is 15.0. The van der Waals surface area contributed by atoms with Crippen LogP contribution in [0.1, 0.15) is 41.0 Å². The van der Waals surface area contributed by atoms with Gasteiger partial charge in [-0.3, -0.25) is 14.7 Å². The fourth-order valence-electron chi connectivity index (χ4n) is 3.94. The largest absolute Gasteiger partial charge is 0.452 e. The van der Waals surface area contributed by atoms with Crippen LogP contribution in [0.4, 0.5) is 0 Å². The summed E-state index contributed by atoms with van der Waals surface area (Å²) in [6.45, 7) is 5.93. The van der Waals surface area contributed by atoms with Crippen molar-refractivity contribution < 1.29 is 14.3 Å². The number of nitrogens with zero attached hydrogens (tertiary/aromatic N) is 2. The summed E-state index contributed by atoms with van der Waals surface area (Å²) in [5.41, 5.74) is 4.15. The van der Waals surface area contributed by atoms with Crippen LogP contribution in [-0.2, 0) is 29.0 Å². The number of benzene rings is 2. The highest BCUT2D eigenvalue weighted by molar-refractivity contribution is 6.05. The molecule has 0 fully saturated rings. The SMILES string of the molecule is CC(C)N1CCc2nc3ccccc3c(C(=O)OCC(=O)NCc3ccccc3)c2C1. The molecule has 0 spiro atoms. The average Bonchev–Trinajstić information content (AvgIpc) is 2.79. The molecule has 1 aliphatic heterocycles. The Morgan fingerprint density at radius 2 is 1.84 bits per heavy atom. The van der Waals surface area contributed by atoms with Crippen molar-refractivity contribution in [3.05, 3.63) is 77.0 Å². The van der Waals surface area contributed by atoms with E-state index in [1.165, 1.54) is 0 Å². The first-order valence-electron chi connectivity index (χ1n) is 10.6. The number of esters is 1. The van der Waals surface area contributed by atoms with E-state index in [0.29, 0.717) is 24.7 Å². The lowest BCUT2D eigenvalue weighted by molar-refractivity contribution is -0.124. The van der Waals surface area contributed by atoms with E-state index >= 15 is 0 Å². The van der Waals surface area contributed by atoms with E-state index in [1.54, 1.807) is 0 Å². The molecular weight excluding hydrogens is 390 g/mol. The van der Waals surface area contributed by atoms with Crippen molar-refractivity contribution >= 4 is 22.8 Å². The highest BCUT2D eigenvalue weighted by atomic mass is 16.5. The lowest BCUT2D eigenvalue weighted by Crippen LogP contribution is -2.37. The van der Waals surface area contributed by atoms with Gasteiger partial charge in [0.25, 0.3) is 5.91 Å². The molecule has 0 saturated carbocycles. The quantitative estimate of drug-likeness (QED) is 0.622. The maximum Gasteiger partial charge on any atom is 0.339 e. The maximum absolute atomic E-state index is 13.1. The first-order valence-corrected chi connectivity index (χ1v) is 10.6. The van der Waals surface area contributed by atoms with Gasteiger partial charge >= 0.3 is 5.97 Å². The molecule has 6 nitrogen and oxygen atoms in total. The number of ether oxygens (including phenoxy) is 1. The van der Waals surface area contributed by atoms with E-state index in [1.807, 2.05) is 54.6 Å². The molecule has 3 aromatic rings. The Morgan fingerprint density at radius 3 is 2.61 bits per heavy atom. The van der Waals surface area contributed by atoms with Crippen molar-refractivity contribution in [1.29, 1.82) is 0 Å². The van der Waals surface area contributed by atoms with Crippen LogP contribution in [0.5, 0.6) is 0 Å². The van der Waals surface area contributed by atoms with Gasteiger partial charge in [0, 0.05) is 48.7 Å². The minimum Gasteiger partial charge on any atom is -0.452 e. The van der Waals surface area contributed by atoms with Gasteiger partial charge in [0.05, 0.1) is 11.1 Å². The fraction of sp³-hybridized carbons (Fsp3) is 0.320. The van der Waals surface area contributed by atoms with Crippen molar-refractivity contribution in [2.24, 2.45) is 0 Å². The van der Waals surface area contributed by atoms with E-state index in [9.17, 15) is 9.59 Å². The highest BCUT2D eigenvalue weighted by Crippen LogP contribution is 2.29. The van der Waals surface area contributed by atoms with E-state index < -0.39 is 5.97 Å². The van der Waals surface area contributed by atoms with Crippen LogP contribution in [0, 0.1) is 0 Å². The molecule has 31 heavy (non-hydrogen) atoms. The molecule has 2 aromatic carbocycles. The normalized spacial score (nSPS) is 13.8. The maximum atomic E-state index is 13.1. The lowest BCUT2D eigenvalue weighted by atomic mass is 9.95. The van der Waals surface area contributed by atoms with Crippen LogP contribution in [0.2, 0.25) is 0 Å². The summed E-state index contributed by atoms with van der Waals surface area (Å²) in [5, 5.41) is 3.56. The Morgan fingerprint density at radius 1 is 1.10 bits per heavy atom. The number of fused-ring (bicyclic) bond motifs is 2. The third-order valence-corrected chi connectivity index (χ3v) is 5.68. The third-order valence-electron chi connectivity index (χ3n) is 5.68. The number of hydrogen-bond donors (Lipinski definition) is 1. The third kappa shape index (κ3) is 4.75. The van der Waals surface area contributed by atoms with E-state index in [-0.39, 0.29) is 12.5 Å². The molecule has 0 aliphatic carbocycles. The zero-order chi connectivity index (χ0) is 21.8. The molecule has 160 valence electrons. The van der Waals surface area contributed by atoms with E-state index in [2.05, 4.69) is 24.1 Å². The molecule has 0 unspecified atom stereocenters. The highest BCUT2D eigenvalue weighted by Gasteiger charge is 2.27. The number of nitrogens with one attached hydrogen (secondary N) is 1. The molecule has 4 rings (SSSR count). The zero-order valence-corrected chi connectivity index (χ0v) is 17.9. The Hall–Kier alpha value is -3.25. The number of carbonyl (C=O) groups excluding carboxylic acids is 2. The van der Waals surface area contributed by atoms with Crippen molar-refractivity contribution in [2.75, 3.05) is 13.2 Å². The van der Waals surface area contributed by atoms with Crippen LogP contribution in [0.15, 0.2) is 54.6 Å². The van der Waals surface area contributed by atoms with Crippen LogP contribution in [-0.4, -0.2) is 41.0 Å². The minimum absolute atomic E-state index is 0.314. The van der Waals surface area contributed by atoms with Gasteiger partial charge in [-0.05, 0) is 25.5 Å². The van der Waals surface area contributed by atoms with Crippen molar-refractivity contribution in [3.8, 4) is 0 Å². The van der Waals surface area contributed by atoms with Gasteiger partial charge in [0.15, 0.2) is 6.61 Å². The van der Waals surface area contributed by atoms with Crippen LogP contribution < -0.4 is 5.32 Å². The smallest absolute Gasteiger partial charge is 0.339 e. The minimum atomic E-state index is -0.477. The molecule has 2 heterocycles. The summed E-state index contributed by atoms with van der Waals surface area (Å²) < 4.78 is 5.45. The second-order valence-electron chi connectivity index (χ2n) is 8.08. The van der Waals surface area contributed by atoms with Gasteiger partial charge in [-0.25, -0.2) is 4.79 Å². The molecule has 0 saturated heterocycles. The van der Waals surface area contributed by atoms with Crippen LogP contribution in [0.25, 0.3) is 10.9 Å². The lowest BCUT2D eigenvalue weighted by Gasteiger charge is -2.32. The number of rotatable bonds is 6. The second-order valence-corrected chi connectivity index (χ2v) is 8.08. The summed E-state index contributed by atoms with van der Waals surface area (Å²) in [4.78, 5) is 32.5. The number of pyridine rings is 1. The number of carbonyl (C=O) groups is 2. The Kier molecular flexibility index (Phi) is 6.28. The molecule has 1 amide bonds. The molecule has 0 atom stereocenters.